The Morgan fingerprint density at radius 1 is 1.14 bits per heavy atom. The van der Waals surface area contributed by atoms with Gasteiger partial charge in [-0.25, -0.2) is 4.98 Å². The number of imidazole rings is 1. The van der Waals surface area contributed by atoms with E-state index >= 15 is 0 Å². The van der Waals surface area contributed by atoms with E-state index in [4.69, 9.17) is 0 Å². The molecule has 0 aliphatic carbocycles. The van der Waals surface area contributed by atoms with E-state index in [1.54, 1.807) is 0 Å². The molecule has 0 atom stereocenters. The van der Waals surface area contributed by atoms with Gasteiger partial charge in [0, 0.05) is 11.0 Å². The lowest BCUT2D eigenvalue weighted by molar-refractivity contribution is 0.816. The molecule has 0 spiro atoms. The van der Waals surface area contributed by atoms with E-state index in [0.717, 1.165) is 27.7 Å². The number of nitrogens with zero attached hydrogens (tertiary/aromatic N) is 2. The van der Waals surface area contributed by atoms with Gasteiger partial charge in [0.05, 0.1) is 16.7 Å². The fourth-order valence-electron chi connectivity index (χ4n) is 2.52. The van der Waals surface area contributed by atoms with E-state index in [2.05, 4.69) is 75.0 Å². The Bertz CT molecular complexity index is 805. The van der Waals surface area contributed by atoms with E-state index in [-0.39, 0.29) is 0 Å². The Hall–Kier alpha value is -1.65. The van der Waals surface area contributed by atoms with Crippen LogP contribution < -0.4 is 5.32 Å². The SMILES string of the molecule is CNCc1ccc(-n2cnc3cc(C)c(C)cc32)c(Br)c1. The first-order valence-electron chi connectivity index (χ1n) is 6.98. The average Bonchev–Trinajstić information content (AvgIpc) is 2.83. The number of hydrogen-bond acceptors (Lipinski definition) is 2. The van der Waals surface area contributed by atoms with Crippen molar-refractivity contribution < 1.29 is 0 Å². The first-order chi connectivity index (χ1) is 10.1. The van der Waals surface area contributed by atoms with E-state index < -0.39 is 0 Å². The van der Waals surface area contributed by atoms with Gasteiger partial charge in [-0.1, -0.05) is 6.07 Å². The van der Waals surface area contributed by atoms with Gasteiger partial charge in [0.1, 0.15) is 6.33 Å². The van der Waals surface area contributed by atoms with Crippen LogP contribution in [0.1, 0.15) is 16.7 Å². The monoisotopic (exact) mass is 343 g/mol. The summed E-state index contributed by atoms with van der Waals surface area (Å²) in [4.78, 5) is 4.53. The van der Waals surface area contributed by atoms with Gasteiger partial charge in [0.15, 0.2) is 0 Å². The Morgan fingerprint density at radius 2 is 1.90 bits per heavy atom. The lowest BCUT2D eigenvalue weighted by Gasteiger charge is -2.10. The molecule has 0 aliphatic heterocycles. The summed E-state index contributed by atoms with van der Waals surface area (Å²) in [5.41, 5.74) is 7.10. The molecule has 21 heavy (non-hydrogen) atoms. The molecule has 0 bridgehead atoms. The number of rotatable bonds is 3. The first-order valence-corrected chi connectivity index (χ1v) is 7.77. The molecule has 1 N–H and O–H groups in total. The molecule has 0 amide bonds. The van der Waals surface area contributed by atoms with E-state index in [1.807, 2.05) is 13.4 Å². The largest absolute Gasteiger partial charge is 0.316 e. The molecule has 1 aromatic heterocycles. The summed E-state index contributed by atoms with van der Waals surface area (Å²) in [6, 6.07) is 10.8. The van der Waals surface area contributed by atoms with Crippen LogP contribution >= 0.6 is 15.9 Å². The zero-order valence-corrected chi connectivity index (χ0v) is 14.0. The molecule has 0 fully saturated rings. The quantitative estimate of drug-likeness (QED) is 0.774. The lowest BCUT2D eigenvalue weighted by Crippen LogP contribution is -2.05. The molecular weight excluding hydrogens is 326 g/mol. The molecular formula is C17H18BrN3. The van der Waals surface area contributed by atoms with Gasteiger partial charge >= 0.3 is 0 Å². The minimum atomic E-state index is 0.863. The molecule has 0 saturated carbocycles. The summed E-state index contributed by atoms with van der Waals surface area (Å²) in [5, 5.41) is 3.17. The summed E-state index contributed by atoms with van der Waals surface area (Å²) in [5.74, 6) is 0. The molecule has 3 nitrogen and oxygen atoms in total. The summed E-state index contributed by atoms with van der Waals surface area (Å²) >= 11 is 3.68. The first kappa shape index (κ1) is 14.3. The number of hydrogen-bond donors (Lipinski definition) is 1. The molecule has 0 unspecified atom stereocenters. The van der Waals surface area contributed by atoms with Crippen LogP contribution in [0.15, 0.2) is 41.1 Å². The number of benzene rings is 2. The molecule has 0 aliphatic rings. The average molecular weight is 344 g/mol. The zero-order valence-electron chi connectivity index (χ0n) is 12.4. The van der Waals surface area contributed by atoms with Crippen molar-refractivity contribution in [3.8, 4) is 5.69 Å². The second-order valence-corrected chi connectivity index (χ2v) is 6.21. The van der Waals surface area contributed by atoms with Crippen LogP contribution in [0.25, 0.3) is 16.7 Å². The summed E-state index contributed by atoms with van der Waals surface area (Å²) in [7, 11) is 1.95. The second-order valence-electron chi connectivity index (χ2n) is 5.36. The van der Waals surface area contributed by atoms with Crippen LogP contribution in [-0.2, 0) is 6.54 Å². The predicted octanol–water partition coefficient (Wildman–Crippen LogP) is 4.12. The van der Waals surface area contributed by atoms with Crippen molar-refractivity contribution in [2.45, 2.75) is 20.4 Å². The molecule has 2 aromatic carbocycles. The summed E-state index contributed by atoms with van der Waals surface area (Å²) in [6.45, 7) is 5.12. The number of aromatic nitrogens is 2. The Balaban J connectivity index is 2.14. The third kappa shape index (κ3) is 2.61. The van der Waals surface area contributed by atoms with Crippen LogP contribution in [0.3, 0.4) is 0 Å². The number of nitrogens with one attached hydrogen (secondary N) is 1. The smallest absolute Gasteiger partial charge is 0.100 e. The van der Waals surface area contributed by atoms with Gasteiger partial charge in [-0.3, -0.25) is 4.57 Å². The fraction of sp³-hybridized carbons (Fsp3) is 0.235. The van der Waals surface area contributed by atoms with Crippen LogP contribution in [0.2, 0.25) is 0 Å². The van der Waals surface area contributed by atoms with E-state index in [1.165, 1.54) is 16.7 Å². The topological polar surface area (TPSA) is 29.9 Å². The third-order valence-electron chi connectivity index (χ3n) is 3.82. The standard InChI is InChI=1S/C17H18BrN3/c1-11-6-15-17(7-12(11)2)21(10-20-15)16-5-4-13(9-19-3)8-14(16)18/h4-8,10,19H,9H2,1-3H3. The third-order valence-corrected chi connectivity index (χ3v) is 4.45. The summed E-state index contributed by atoms with van der Waals surface area (Å²) < 4.78 is 3.21. The van der Waals surface area contributed by atoms with Gasteiger partial charge in [-0.2, -0.15) is 0 Å². The highest BCUT2D eigenvalue weighted by molar-refractivity contribution is 9.10. The van der Waals surface area contributed by atoms with Crippen LogP contribution in [0.5, 0.6) is 0 Å². The Labute approximate surface area is 133 Å². The van der Waals surface area contributed by atoms with Crippen LogP contribution in [0, 0.1) is 13.8 Å². The highest BCUT2D eigenvalue weighted by Gasteiger charge is 2.09. The fourth-order valence-corrected chi connectivity index (χ4v) is 3.13. The number of aryl methyl sites for hydroxylation is 2. The highest BCUT2D eigenvalue weighted by atomic mass is 79.9. The van der Waals surface area contributed by atoms with Crippen molar-refractivity contribution >= 4 is 27.0 Å². The van der Waals surface area contributed by atoms with E-state index in [9.17, 15) is 0 Å². The molecule has 0 saturated heterocycles. The van der Waals surface area contributed by atoms with Gasteiger partial charge in [-0.05, 0) is 77.8 Å². The molecule has 108 valence electrons. The Kier molecular flexibility index (Phi) is 3.83. The predicted molar refractivity (Wildman–Crippen MR) is 91.0 cm³/mol. The maximum Gasteiger partial charge on any atom is 0.100 e. The molecule has 3 rings (SSSR count). The minimum absolute atomic E-state index is 0.863. The van der Waals surface area contributed by atoms with Crippen molar-refractivity contribution in [3.05, 3.63) is 57.8 Å². The van der Waals surface area contributed by atoms with Crippen LogP contribution in [-0.4, -0.2) is 16.6 Å². The van der Waals surface area contributed by atoms with Gasteiger partial charge in [0.2, 0.25) is 0 Å². The Morgan fingerprint density at radius 3 is 2.62 bits per heavy atom. The molecule has 0 radical (unpaired) electrons. The second kappa shape index (κ2) is 5.62. The maximum absolute atomic E-state index is 4.53. The van der Waals surface area contributed by atoms with Crippen molar-refractivity contribution in [1.82, 2.24) is 14.9 Å². The van der Waals surface area contributed by atoms with Gasteiger partial charge < -0.3 is 5.32 Å². The van der Waals surface area contributed by atoms with Gasteiger partial charge in [0.25, 0.3) is 0 Å². The lowest BCUT2D eigenvalue weighted by atomic mass is 10.1. The van der Waals surface area contributed by atoms with Gasteiger partial charge in [-0.15, -0.1) is 0 Å². The molecule has 1 heterocycles. The molecule has 3 aromatic rings. The minimum Gasteiger partial charge on any atom is -0.316 e. The highest BCUT2D eigenvalue weighted by Crippen LogP contribution is 2.27. The van der Waals surface area contributed by atoms with Crippen molar-refractivity contribution in [1.29, 1.82) is 0 Å². The van der Waals surface area contributed by atoms with Crippen molar-refractivity contribution in [2.75, 3.05) is 7.05 Å². The number of fused-ring (bicyclic) bond motifs is 1. The molecule has 4 heteroatoms. The summed E-state index contributed by atoms with van der Waals surface area (Å²) in [6.07, 6.45) is 1.89. The van der Waals surface area contributed by atoms with E-state index in [0.29, 0.717) is 0 Å². The zero-order chi connectivity index (χ0) is 15.0. The van der Waals surface area contributed by atoms with Crippen molar-refractivity contribution in [3.63, 3.8) is 0 Å². The number of halogens is 1. The van der Waals surface area contributed by atoms with Crippen molar-refractivity contribution in [2.24, 2.45) is 0 Å². The maximum atomic E-state index is 4.53. The van der Waals surface area contributed by atoms with Crippen LogP contribution in [0.4, 0.5) is 0 Å². The normalized spacial score (nSPS) is 11.2.